The monoisotopic (exact) mass is 452 g/mol. The summed E-state index contributed by atoms with van der Waals surface area (Å²) in [6.07, 6.45) is 4.93. The van der Waals surface area contributed by atoms with Crippen molar-refractivity contribution in [3.63, 3.8) is 0 Å². The minimum atomic E-state index is -0.351. The Morgan fingerprint density at radius 3 is 2.76 bits per heavy atom. The summed E-state index contributed by atoms with van der Waals surface area (Å²) in [5.74, 6) is 0.310. The molecule has 33 heavy (non-hydrogen) atoms. The van der Waals surface area contributed by atoms with Gasteiger partial charge in [0.05, 0.1) is 17.5 Å². The van der Waals surface area contributed by atoms with E-state index in [1.165, 1.54) is 4.68 Å². The first kappa shape index (κ1) is 22.5. The van der Waals surface area contributed by atoms with Crippen molar-refractivity contribution in [1.82, 2.24) is 34.1 Å². The summed E-state index contributed by atoms with van der Waals surface area (Å²) < 4.78 is 4.94. The number of aromatic nitrogens is 7. The van der Waals surface area contributed by atoms with Crippen molar-refractivity contribution in [2.75, 3.05) is 11.9 Å². The van der Waals surface area contributed by atoms with Crippen LogP contribution in [-0.4, -0.2) is 51.7 Å². The summed E-state index contributed by atoms with van der Waals surface area (Å²) in [5.41, 5.74) is 2.97. The zero-order valence-electron chi connectivity index (χ0n) is 19.2. The van der Waals surface area contributed by atoms with Gasteiger partial charge in [-0.25, -0.2) is 4.98 Å². The lowest BCUT2D eigenvalue weighted by Crippen LogP contribution is -2.19. The average molecular weight is 453 g/mol. The van der Waals surface area contributed by atoms with E-state index < -0.39 is 0 Å². The molecule has 1 atom stereocenters. The maximum Gasteiger partial charge on any atom is 0.275 e. The van der Waals surface area contributed by atoms with Crippen molar-refractivity contribution in [1.29, 1.82) is 0 Å². The van der Waals surface area contributed by atoms with Crippen molar-refractivity contribution in [2.45, 2.75) is 33.2 Å². The quantitative estimate of drug-likeness (QED) is 0.373. The van der Waals surface area contributed by atoms with Crippen molar-refractivity contribution in [3.05, 3.63) is 46.1 Å². The van der Waals surface area contributed by atoms with Crippen LogP contribution in [0.2, 0.25) is 0 Å². The standard InChI is InChI=1S/C22H28N8O3/c1-13(6-5-7-31)11-30-19-18(12-28(3)27-19)25-22(30)26-20(32)15-8-14(2)24-17(9-15)16-10-23-29(4)21(16)33/h8-10,12-13,23,31H,5-7,11H2,1-4H3,(H,25,26,32)/t13-/m1/s1. The molecule has 0 saturated heterocycles. The number of aryl methyl sites for hydroxylation is 3. The van der Waals surface area contributed by atoms with Crippen LogP contribution in [0.3, 0.4) is 0 Å². The van der Waals surface area contributed by atoms with E-state index in [4.69, 9.17) is 5.11 Å². The van der Waals surface area contributed by atoms with E-state index in [1.807, 2.05) is 11.6 Å². The van der Waals surface area contributed by atoms with Gasteiger partial charge in [-0.05, 0) is 37.8 Å². The van der Waals surface area contributed by atoms with E-state index >= 15 is 0 Å². The lowest BCUT2D eigenvalue weighted by Gasteiger charge is -2.15. The molecule has 0 aliphatic heterocycles. The van der Waals surface area contributed by atoms with Gasteiger partial charge in [0.15, 0.2) is 5.65 Å². The van der Waals surface area contributed by atoms with E-state index in [0.717, 1.165) is 6.42 Å². The molecule has 0 aliphatic carbocycles. The van der Waals surface area contributed by atoms with Crippen molar-refractivity contribution < 1.29 is 9.90 Å². The fourth-order valence-corrected chi connectivity index (χ4v) is 3.88. The van der Waals surface area contributed by atoms with Gasteiger partial charge in [-0.15, -0.1) is 0 Å². The van der Waals surface area contributed by atoms with Crippen LogP contribution in [0.4, 0.5) is 5.95 Å². The molecule has 11 nitrogen and oxygen atoms in total. The molecule has 4 heterocycles. The number of imidazole rings is 1. The zero-order valence-corrected chi connectivity index (χ0v) is 19.2. The first-order valence-corrected chi connectivity index (χ1v) is 10.8. The Balaban J connectivity index is 1.65. The third-order valence-electron chi connectivity index (χ3n) is 5.53. The summed E-state index contributed by atoms with van der Waals surface area (Å²) in [4.78, 5) is 34.5. The van der Waals surface area contributed by atoms with Gasteiger partial charge < -0.3 is 10.2 Å². The van der Waals surface area contributed by atoms with E-state index in [-0.39, 0.29) is 24.0 Å². The summed E-state index contributed by atoms with van der Waals surface area (Å²) in [6, 6.07) is 3.27. The van der Waals surface area contributed by atoms with Gasteiger partial charge in [0.25, 0.3) is 11.5 Å². The van der Waals surface area contributed by atoms with Crippen LogP contribution < -0.4 is 10.9 Å². The maximum absolute atomic E-state index is 13.2. The topological polar surface area (TPSA) is 136 Å². The maximum atomic E-state index is 13.2. The van der Waals surface area contributed by atoms with Gasteiger partial charge in [-0.3, -0.25) is 33.8 Å². The number of aromatic amines is 1. The van der Waals surface area contributed by atoms with Crippen molar-refractivity contribution in [2.24, 2.45) is 20.0 Å². The number of H-pyrrole nitrogens is 1. The highest BCUT2D eigenvalue weighted by atomic mass is 16.3. The lowest BCUT2D eigenvalue weighted by molar-refractivity contribution is 0.102. The molecule has 0 aromatic carbocycles. The van der Waals surface area contributed by atoms with Crippen LogP contribution in [0.1, 0.15) is 35.8 Å². The molecule has 3 N–H and O–H groups in total. The normalized spacial score (nSPS) is 12.4. The number of pyridine rings is 1. The van der Waals surface area contributed by atoms with Crippen LogP contribution in [-0.2, 0) is 20.6 Å². The molecule has 11 heteroatoms. The van der Waals surface area contributed by atoms with E-state index in [9.17, 15) is 9.59 Å². The number of fused-ring (bicyclic) bond motifs is 1. The van der Waals surface area contributed by atoms with E-state index in [0.29, 0.717) is 52.6 Å². The van der Waals surface area contributed by atoms with Gasteiger partial charge in [0.2, 0.25) is 5.95 Å². The number of nitrogens with one attached hydrogen (secondary N) is 2. The van der Waals surface area contributed by atoms with Gasteiger partial charge in [-0.2, -0.15) is 5.10 Å². The highest BCUT2D eigenvalue weighted by molar-refractivity contribution is 6.04. The fourth-order valence-electron chi connectivity index (χ4n) is 3.88. The van der Waals surface area contributed by atoms with Gasteiger partial charge in [0.1, 0.15) is 5.52 Å². The molecule has 0 unspecified atom stereocenters. The third-order valence-corrected chi connectivity index (χ3v) is 5.53. The first-order chi connectivity index (χ1) is 15.8. The number of carbonyl (C=O) groups excluding carboxylic acids is 1. The Morgan fingerprint density at radius 1 is 1.27 bits per heavy atom. The first-order valence-electron chi connectivity index (χ1n) is 10.8. The minimum Gasteiger partial charge on any atom is -0.396 e. The van der Waals surface area contributed by atoms with Gasteiger partial charge in [0, 0.05) is 44.7 Å². The number of amides is 1. The predicted octanol–water partition coefficient (Wildman–Crippen LogP) is 1.83. The van der Waals surface area contributed by atoms with E-state index in [1.54, 1.807) is 43.2 Å². The van der Waals surface area contributed by atoms with E-state index in [2.05, 4.69) is 32.4 Å². The largest absolute Gasteiger partial charge is 0.396 e. The second kappa shape index (κ2) is 9.02. The molecule has 0 fully saturated rings. The molecule has 174 valence electrons. The minimum absolute atomic E-state index is 0.144. The number of aliphatic hydroxyl groups is 1. The Bertz CT molecular complexity index is 1360. The number of hydrogen-bond acceptors (Lipinski definition) is 6. The number of aliphatic hydroxyl groups excluding tert-OH is 1. The van der Waals surface area contributed by atoms with Gasteiger partial charge in [-0.1, -0.05) is 6.92 Å². The number of hydrogen-bond donors (Lipinski definition) is 3. The SMILES string of the molecule is Cc1cc(C(=O)Nc2nc3cn(C)nc3n2C[C@H](C)CCCO)cc(-c2c[nH]n(C)c2=O)n1. The number of nitrogens with zero attached hydrogens (tertiary/aromatic N) is 6. The van der Waals surface area contributed by atoms with Crippen molar-refractivity contribution >= 4 is 23.0 Å². The number of anilines is 1. The Kier molecular flexibility index (Phi) is 6.14. The molecule has 4 rings (SSSR count). The highest BCUT2D eigenvalue weighted by Crippen LogP contribution is 2.23. The Morgan fingerprint density at radius 2 is 2.06 bits per heavy atom. The predicted molar refractivity (Wildman–Crippen MR) is 124 cm³/mol. The van der Waals surface area contributed by atoms with Crippen LogP contribution in [0.5, 0.6) is 0 Å². The molecule has 1 amide bonds. The molecule has 0 aliphatic rings. The van der Waals surface area contributed by atoms with Gasteiger partial charge >= 0.3 is 0 Å². The number of carbonyl (C=O) groups is 1. The van der Waals surface area contributed by atoms with Crippen molar-refractivity contribution in [3.8, 4) is 11.3 Å². The molecular formula is C22H28N8O3. The average Bonchev–Trinajstić information content (AvgIpc) is 3.39. The molecule has 4 aromatic rings. The molecular weight excluding hydrogens is 424 g/mol. The fraction of sp³-hybridized carbons (Fsp3) is 0.409. The Hall–Kier alpha value is -3.73. The van der Waals surface area contributed by atoms with Crippen LogP contribution in [0.25, 0.3) is 22.4 Å². The molecule has 0 saturated carbocycles. The molecule has 4 aromatic heterocycles. The molecule has 0 bridgehead atoms. The summed E-state index contributed by atoms with van der Waals surface area (Å²) in [7, 11) is 3.45. The summed E-state index contributed by atoms with van der Waals surface area (Å²) >= 11 is 0. The zero-order chi connectivity index (χ0) is 23.7. The Labute approximate surface area is 190 Å². The second-order valence-electron chi connectivity index (χ2n) is 8.42. The smallest absolute Gasteiger partial charge is 0.275 e. The van der Waals surface area contributed by atoms with Crippen LogP contribution in [0.15, 0.2) is 29.3 Å². The molecule has 0 spiro atoms. The van der Waals surface area contributed by atoms with Crippen LogP contribution in [0, 0.1) is 12.8 Å². The van der Waals surface area contributed by atoms with Crippen LogP contribution >= 0.6 is 0 Å². The molecule has 0 radical (unpaired) electrons. The number of rotatable bonds is 8. The lowest BCUT2D eigenvalue weighted by atomic mass is 10.1. The highest BCUT2D eigenvalue weighted by Gasteiger charge is 2.20. The third kappa shape index (κ3) is 4.58. The summed E-state index contributed by atoms with van der Waals surface area (Å²) in [5, 5.41) is 19.4. The summed E-state index contributed by atoms with van der Waals surface area (Å²) in [6.45, 7) is 4.61. The second-order valence-corrected chi connectivity index (χ2v) is 8.42.